The molecule has 144 valence electrons. The van der Waals surface area contributed by atoms with Gasteiger partial charge in [-0.1, -0.05) is 30.3 Å². The van der Waals surface area contributed by atoms with Crippen LogP contribution in [0.3, 0.4) is 0 Å². The third-order valence-corrected chi connectivity index (χ3v) is 4.84. The van der Waals surface area contributed by atoms with Crippen molar-refractivity contribution in [1.82, 2.24) is 25.9 Å². The minimum absolute atomic E-state index is 0.0635. The maximum Gasteiger partial charge on any atom is 0.230 e. The van der Waals surface area contributed by atoms with Gasteiger partial charge in [-0.3, -0.25) is 4.79 Å². The zero-order valence-electron chi connectivity index (χ0n) is 15.7. The van der Waals surface area contributed by atoms with E-state index in [0.29, 0.717) is 37.1 Å². The van der Waals surface area contributed by atoms with Crippen LogP contribution in [0, 0.1) is 0 Å². The molecule has 1 aromatic heterocycles. The normalized spacial score (nSPS) is 13.2. The molecule has 0 unspecified atom stereocenters. The van der Waals surface area contributed by atoms with Gasteiger partial charge in [-0.25, -0.2) is 0 Å². The van der Waals surface area contributed by atoms with Gasteiger partial charge in [0.15, 0.2) is 11.5 Å². The van der Waals surface area contributed by atoms with Crippen LogP contribution in [0.15, 0.2) is 42.5 Å². The Morgan fingerprint density at radius 2 is 1.86 bits per heavy atom. The smallest absolute Gasteiger partial charge is 0.230 e. The lowest BCUT2D eigenvalue weighted by Gasteiger charge is -2.26. The second-order valence-corrected chi connectivity index (χ2v) is 7.10. The molecule has 1 amide bonds. The van der Waals surface area contributed by atoms with Gasteiger partial charge >= 0.3 is 0 Å². The summed E-state index contributed by atoms with van der Waals surface area (Å²) in [5.74, 6) is 1.87. The fourth-order valence-corrected chi connectivity index (χ4v) is 3.02. The van der Waals surface area contributed by atoms with Crippen LogP contribution >= 0.6 is 0 Å². The summed E-state index contributed by atoms with van der Waals surface area (Å²) in [6.07, 6.45) is 0. The first-order chi connectivity index (χ1) is 13.5. The zero-order valence-corrected chi connectivity index (χ0v) is 15.7. The van der Waals surface area contributed by atoms with E-state index >= 15 is 0 Å². The lowest BCUT2D eigenvalue weighted by atomic mass is 9.83. The predicted octanol–water partition coefficient (Wildman–Crippen LogP) is 2.23. The first-order valence-electron chi connectivity index (χ1n) is 9.05. The Bertz CT molecular complexity index is 968. The van der Waals surface area contributed by atoms with Gasteiger partial charge < -0.3 is 14.8 Å². The van der Waals surface area contributed by atoms with E-state index in [1.165, 1.54) is 0 Å². The quantitative estimate of drug-likeness (QED) is 0.705. The van der Waals surface area contributed by atoms with Crippen molar-refractivity contribution in [1.29, 1.82) is 0 Å². The minimum atomic E-state index is -0.708. The van der Waals surface area contributed by atoms with Crippen LogP contribution < -0.4 is 14.8 Å². The zero-order chi connectivity index (χ0) is 19.6. The standard InChI is InChI=1S/C20H21N5O3/c1-20(2,15-7-8-16-17(11-15)28-10-9-27-16)19(26)21-12-13-3-5-14(6-4-13)18-22-24-25-23-18/h3-8,11H,9-10,12H2,1-2H3,(H,21,26)(H,22,23,24,25). The number of tetrazole rings is 1. The number of amides is 1. The molecule has 0 atom stereocenters. The molecule has 0 fully saturated rings. The number of H-pyrrole nitrogens is 1. The summed E-state index contributed by atoms with van der Waals surface area (Å²) in [5.41, 5.74) is 2.01. The fourth-order valence-electron chi connectivity index (χ4n) is 3.02. The number of aromatic nitrogens is 4. The third-order valence-electron chi connectivity index (χ3n) is 4.84. The van der Waals surface area contributed by atoms with Crippen molar-refractivity contribution in [2.24, 2.45) is 0 Å². The average molecular weight is 379 g/mol. The molecule has 2 aromatic carbocycles. The van der Waals surface area contributed by atoms with E-state index in [4.69, 9.17) is 9.47 Å². The molecule has 0 spiro atoms. The van der Waals surface area contributed by atoms with E-state index in [-0.39, 0.29) is 5.91 Å². The molecule has 0 saturated heterocycles. The summed E-state index contributed by atoms with van der Waals surface area (Å²) in [5, 5.41) is 16.9. The largest absolute Gasteiger partial charge is 0.486 e. The minimum Gasteiger partial charge on any atom is -0.486 e. The van der Waals surface area contributed by atoms with Gasteiger partial charge in [0.2, 0.25) is 11.7 Å². The summed E-state index contributed by atoms with van der Waals surface area (Å²) in [6.45, 7) is 5.28. The number of fused-ring (bicyclic) bond motifs is 1. The number of carbonyl (C=O) groups excluding carboxylic acids is 1. The fraction of sp³-hybridized carbons (Fsp3) is 0.300. The van der Waals surface area contributed by atoms with Gasteiger partial charge in [-0.05, 0) is 42.3 Å². The lowest BCUT2D eigenvalue weighted by molar-refractivity contribution is -0.125. The first-order valence-corrected chi connectivity index (χ1v) is 9.05. The molecule has 0 bridgehead atoms. The number of nitrogens with one attached hydrogen (secondary N) is 2. The summed E-state index contributed by atoms with van der Waals surface area (Å²) >= 11 is 0. The maximum atomic E-state index is 12.8. The van der Waals surface area contributed by atoms with Crippen molar-refractivity contribution < 1.29 is 14.3 Å². The highest BCUT2D eigenvalue weighted by atomic mass is 16.6. The van der Waals surface area contributed by atoms with E-state index in [2.05, 4.69) is 25.9 Å². The monoisotopic (exact) mass is 379 g/mol. The summed E-state index contributed by atoms with van der Waals surface area (Å²) in [4.78, 5) is 12.8. The van der Waals surface area contributed by atoms with Gasteiger partial charge in [0, 0.05) is 12.1 Å². The molecule has 2 heterocycles. The van der Waals surface area contributed by atoms with Gasteiger partial charge in [-0.15, -0.1) is 10.2 Å². The number of carbonyl (C=O) groups is 1. The van der Waals surface area contributed by atoms with E-state index in [1.54, 1.807) is 0 Å². The van der Waals surface area contributed by atoms with E-state index in [9.17, 15) is 4.79 Å². The number of benzene rings is 2. The second-order valence-electron chi connectivity index (χ2n) is 7.10. The van der Waals surface area contributed by atoms with Crippen LogP contribution in [0.4, 0.5) is 0 Å². The van der Waals surface area contributed by atoms with Crippen LogP contribution in [0.2, 0.25) is 0 Å². The number of aromatic amines is 1. The Morgan fingerprint density at radius 1 is 1.11 bits per heavy atom. The molecule has 3 aromatic rings. The molecular formula is C20H21N5O3. The van der Waals surface area contributed by atoms with Gasteiger partial charge in [0.05, 0.1) is 5.41 Å². The van der Waals surface area contributed by atoms with Gasteiger partial charge in [0.1, 0.15) is 13.2 Å². The average Bonchev–Trinajstić information content (AvgIpc) is 3.27. The highest BCUT2D eigenvalue weighted by molar-refractivity contribution is 5.87. The molecule has 28 heavy (non-hydrogen) atoms. The van der Waals surface area contributed by atoms with Crippen LogP contribution in [0.25, 0.3) is 11.4 Å². The predicted molar refractivity (Wildman–Crippen MR) is 102 cm³/mol. The van der Waals surface area contributed by atoms with Crippen molar-refractivity contribution in [3.8, 4) is 22.9 Å². The molecule has 1 aliphatic rings. The number of nitrogens with zero attached hydrogens (tertiary/aromatic N) is 3. The van der Waals surface area contributed by atoms with Crippen LogP contribution in [0.5, 0.6) is 11.5 Å². The summed E-state index contributed by atoms with van der Waals surface area (Å²) in [7, 11) is 0. The number of ether oxygens (including phenoxy) is 2. The van der Waals surface area contributed by atoms with E-state index in [1.807, 2.05) is 56.3 Å². The molecule has 4 rings (SSSR count). The molecule has 2 N–H and O–H groups in total. The maximum absolute atomic E-state index is 12.8. The van der Waals surface area contributed by atoms with Crippen LogP contribution in [0.1, 0.15) is 25.0 Å². The topological polar surface area (TPSA) is 102 Å². The highest BCUT2D eigenvalue weighted by Crippen LogP contribution is 2.35. The molecule has 0 aliphatic carbocycles. The van der Waals surface area contributed by atoms with Crippen molar-refractivity contribution in [3.05, 3.63) is 53.6 Å². The van der Waals surface area contributed by atoms with Crippen molar-refractivity contribution >= 4 is 5.91 Å². The molecular weight excluding hydrogens is 358 g/mol. The number of hydrogen-bond donors (Lipinski definition) is 2. The van der Waals surface area contributed by atoms with Crippen molar-refractivity contribution in [3.63, 3.8) is 0 Å². The number of hydrogen-bond acceptors (Lipinski definition) is 6. The Labute approximate surface area is 162 Å². The summed E-state index contributed by atoms with van der Waals surface area (Å²) in [6, 6.07) is 13.3. The molecule has 8 heteroatoms. The van der Waals surface area contributed by atoms with Crippen molar-refractivity contribution in [2.45, 2.75) is 25.8 Å². The van der Waals surface area contributed by atoms with Gasteiger partial charge in [-0.2, -0.15) is 5.21 Å². The van der Waals surface area contributed by atoms with E-state index in [0.717, 1.165) is 16.7 Å². The molecule has 0 saturated carbocycles. The Balaban J connectivity index is 1.42. The summed E-state index contributed by atoms with van der Waals surface area (Å²) < 4.78 is 11.2. The number of rotatable bonds is 5. The van der Waals surface area contributed by atoms with Crippen LogP contribution in [-0.4, -0.2) is 39.7 Å². The highest BCUT2D eigenvalue weighted by Gasteiger charge is 2.31. The van der Waals surface area contributed by atoms with Crippen LogP contribution in [-0.2, 0) is 16.8 Å². The third kappa shape index (κ3) is 3.53. The molecule has 1 aliphatic heterocycles. The molecule has 8 nitrogen and oxygen atoms in total. The van der Waals surface area contributed by atoms with Gasteiger partial charge in [0.25, 0.3) is 0 Å². The van der Waals surface area contributed by atoms with E-state index < -0.39 is 5.41 Å². The van der Waals surface area contributed by atoms with Crippen molar-refractivity contribution in [2.75, 3.05) is 13.2 Å². The Kier molecular flexibility index (Phi) is 4.68. The lowest BCUT2D eigenvalue weighted by Crippen LogP contribution is -2.39. The SMILES string of the molecule is CC(C)(C(=O)NCc1ccc(-c2nn[nH]n2)cc1)c1ccc2c(c1)OCCO2. The first kappa shape index (κ1) is 18.0. The molecule has 0 radical (unpaired) electrons. The second kappa shape index (κ2) is 7.30. The Hall–Kier alpha value is -3.42. The Morgan fingerprint density at radius 3 is 2.57 bits per heavy atom.